The number of hydrogen-bond acceptors (Lipinski definition) is 6. The molecule has 1 fully saturated rings. The van der Waals surface area contributed by atoms with Gasteiger partial charge in [0.15, 0.2) is 6.29 Å². The summed E-state index contributed by atoms with van der Waals surface area (Å²) in [5.74, 6) is 0. The van der Waals surface area contributed by atoms with Crippen molar-refractivity contribution in [3.63, 3.8) is 0 Å². The Morgan fingerprint density at radius 3 is 2.47 bits per heavy atom. The molecule has 0 saturated carbocycles. The van der Waals surface area contributed by atoms with Gasteiger partial charge in [-0.2, -0.15) is 0 Å². The maximum atomic E-state index is 9.63. The molecule has 3 unspecified atom stereocenters. The molecule has 6 nitrogen and oxygen atoms in total. The van der Waals surface area contributed by atoms with Crippen LogP contribution in [0.1, 0.15) is 0 Å². The van der Waals surface area contributed by atoms with Crippen LogP contribution < -0.4 is 0 Å². The summed E-state index contributed by atoms with van der Waals surface area (Å²) in [5.41, 5.74) is 0. The van der Waals surface area contributed by atoms with E-state index < -0.39 is 37.3 Å². The highest BCUT2D eigenvalue weighted by Gasteiger charge is 2.44. The van der Waals surface area contributed by atoms with Crippen molar-refractivity contribution in [2.75, 3.05) is 13.2 Å². The second-order valence-electron chi connectivity index (χ2n) is 3.32. The summed E-state index contributed by atoms with van der Waals surface area (Å²) in [6, 6.07) is 0. The molecule has 0 bridgehead atoms. The Hall–Kier alpha value is -0.500. The second kappa shape index (κ2) is 5.55. The molecule has 0 aromatic rings. The van der Waals surface area contributed by atoms with Crippen molar-refractivity contribution in [1.82, 2.24) is 0 Å². The zero-order valence-corrected chi connectivity index (χ0v) is 8.19. The molecule has 1 saturated heterocycles. The third-order valence-electron chi connectivity index (χ3n) is 2.25. The Balaban J connectivity index is 2.65. The first-order valence-electron chi connectivity index (χ1n) is 4.64. The van der Waals surface area contributed by atoms with Crippen molar-refractivity contribution in [3.05, 3.63) is 12.7 Å². The molecule has 0 amide bonds. The van der Waals surface area contributed by atoms with E-state index in [0.717, 1.165) is 0 Å². The second-order valence-corrected chi connectivity index (χ2v) is 3.32. The van der Waals surface area contributed by atoms with E-state index in [2.05, 4.69) is 6.58 Å². The highest BCUT2D eigenvalue weighted by Crippen LogP contribution is 2.22. The van der Waals surface area contributed by atoms with E-state index in [1.165, 1.54) is 6.08 Å². The molecular formula is C9H16O6. The van der Waals surface area contributed by atoms with E-state index in [9.17, 15) is 15.3 Å². The van der Waals surface area contributed by atoms with E-state index in [0.29, 0.717) is 0 Å². The Labute approximate surface area is 87.4 Å². The Morgan fingerprint density at radius 2 is 1.93 bits per heavy atom. The van der Waals surface area contributed by atoms with Gasteiger partial charge in [-0.1, -0.05) is 6.08 Å². The number of rotatable bonds is 4. The Bertz CT molecular complexity index is 209. The summed E-state index contributed by atoms with van der Waals surface area (Å²) in [5, 5.41) is 37.2. The fraction of sp³-hybridized carbons (Fsp3) is 0.778. The molecule has 0 radical (unpaired) electrons. The minimum absolute atomic E-state index is 0.129. The van der Waals surface area contributed by atoms with Crippen molar-refractivity contribution in [2.24, 2.45) is 0 Å². The summed E-state index contributed by atoms with van der Waals surface area (Å²) in [6.07, 6.45) is -4.51. The molecule has 6 heteroatoms. The largest absolute Gasteiger partial charge is 0.394 e. The molecule has 1 aliphatic heterocycles. The first kappa shape index (κ1) is 12.6. The van der Waals surface area contributed by atoms with Crippen molar-refractivity contribution in [1.29, 1.82) is 0 Å². The Morgan fingerprint density at radius 1 is 1.27 bits per heavy atom. The maximum Gasteiger partial charge on any atom is 0.184 e. The summed E-state index contributed by atoms with van der Waals surface area (Å²) >= 11 is 0. The van der Waals surface area contributed by atoms with Crippen LogP contribution in [0.4, 0.5) is 0 Å². The minimum atomic E-state index is -1.47. The fourth-order valence-electron chi connectivity index (χ4n) is 1.44. The SMILES string of the molecule is C=CCOC1C(O)C(CO)O[C@H](O)[C@H]1O. The van der Waals surface area contributed by atoms with Gasteiger partial charge in [-0.05, 0) is 0 Å². The lowest BCUT2D eigenvalue weighted by atomic mass is 9.99. The van der Waals surface area contributed by atoms with Gasteiger partial charge in [-0.3, -0.25) is 0 Å². The smallest absolute Gasteiger partial charge is 0.184 e. The lowest BCUT2D eigenvalue weighted by Gasteiger charge is -2.39. The average molecular weight is 220 g/mol. The molecule has 1 rings (SSSR count). The van der Waals surface area contributed by atoms with Gasteiger partial charge in [0.05, 0.1) is 13.2 Å². The molecule has 4 N–H and O–H groups in total. The average Bonchev–Trinajstić information content (AvgIpc) is 2.23. The summed E-state index contributed by atoms with van der Waals surface area (Å²) in [6.45, 7) is 3.09. The number of aliphatic hydroxyl groups is 4. The number of ether oxygens (including phenoxy) is 2. The third kappa shape index (κ3) is 2.75. The van der Waals surface area contributed by atoms with E-state index in [4.69, 9.17) is 14.6 Å². The molecule has 1 heterocycles. The van der Waals surface area contributed by atoms with Crippen LogP contribution in [-0.2, 0) is 9.47 Å². The van der Waals surface area contributed by atoms with Gasteiger partial charge in [-0.15, -0.1) is 6.58 Å². The van der Waals surface area contributed by atoms with Crippen LogP contribution in [0.15, 0.2) is 12.7 Å². The minimum Gasteiger partial charge on any atom is -0.394 e. The van der Waals surface area contributed by atoms with Crippen LogP contribution in [0.3, 0.4) is 0 Å². The summed E-state index contributed by atoms with van der Waals surface area (Å²) in [4.78, 5) is 0. The van der Waals surface area contributed by atoms with Crippen LogP contribution in [-0.4, -0.2) is 64.3 Å². The maximum absolute atomic E-state index is 9.63. The molecule has 0 aliphatic carbocycles. The molecular weight excluding hydrogens is 204 g/mol. The van der Waals surface area contributed by atoms with Gasteiger partial charge in [0.1, 0.15) is 24.4 Å². The lowest BCUT2D eigenvalue weighted by molar-refractivity contribution is -0.292. The van der Waals surface area contributed by atoms with Crippen LogP contribution >= 0.6 is 0 Å². The van der Waals surface area contributed by atoms with Gasteiger partial charge < -0.3 is 29.9 Å². The highest BCUT2D eigenvalue weighted by molar-refractivity contribution is 4.90. The molecule has 5 atom stereocenters. The van der Waals surface area contributed by atoms with Gasteiger partial charge in [-0.25, -0.2) is 0 Å². The van der Waals surface area contributed by atoms with Crippen molar-refractivity contribution in [2.45, 2.75) is 30.7 Å². The number of hydrogen-bond donors (Lipinski definition) is 4. The van der Waals surface area contributed by atoms with Crippen molar-refractivity contribution < 1.29 is 29.9 Å². The predicted molar refractivity (Wildman–Crippen MR) is 49.9 cm³/mol. The van der Waals surface area contributed by atoms with Crippen molar-refractivity contribution >= 4 is 0 Å². The topological polar surface area (TPSA) is 99.4 Å². The summed E-state index contributed by atoms with van der Waals surface area (Å²) < 4.78 is 9.86. The van der Waals surface area contributed by atoms with Gasteiger partial charge >= 0.3 is 0 Å². The van der Waals surface area contributed by atoms with Gasteiger partial charge in [0.25, 0.3) is 0 Å². The zero-order valence-electron chi connectivity index (χ0n) is 8.19. The van der Waals surface area contributed by atoms with Crippen molar-refractivity contribution in [3.8, 4) is 0 Å². The molecule has 15 heavy (non-hydrogen) atoms. The normalized spacial score (nSPS) is 41.5. The van der Waals surface area contributed by atoms with Crippen LogP contribution in [0, 0.1) is 0 Å². The van der Waals surface area contributed by atoms with Gasteiger partial charge in [0, 0.05) is 0 Å². The molecule has 0 aromatic heterocycles. The van der Waals surface area contributed by atoms with Crippen LogP contribution in [0.5, 0.6) is 0 Å². The van der Waals surface area contributed by atoms with E-state index >= 15 is 0 Å². The predicted octanol–water partition coefficient (Wildman–Crippen LogP) is -2.01. The molecule has 0 spiro atoms. The van der Waals surface area contributed by atoms with E-state index in [1.807, 2.05) is 0 Å². The van der Waals surface area contributed by atoms with Crippen LogP contribution in [0.2, 0.25) is 0 Å². The van der Waals surface area contributed by atoms with Crippen LogP contribution in [0.25, 0.3) is 0 Å². The quantitative estimate of drug-likeness (QED) is 0.408. The Kier molecular flexibility index (Phi) is 4.65. The summed E-state index contributed by atoms with van der Waals surface area (Å²) in [7, 11) is 0. The van der Waals surface area contributed by atoms with E-state index in [1.54, 1.807) is 0 Å². The fourth-order valence-corrected chi connectivity index (χ4v) is 1.44. The van der Waals surface area contributed by atoms with Gasteiger partial charge in [0.2, 0.25) is 0 Å². The third-order valence-corrected chi connectivity index (χ3v) is 2.25. The zero-order chi connectivity index (χ0) is 11.4. The standard InChI is InChI=1S/C9H16O6/c1-2-3-14-8-6(11)5(4-10)15-9(13)7(8)12/h2,5-13H,1,3-4H2/t5?,6?,7-,8?,9-/m0/s1. The molecule has 0 aromatic carbocycles. The highest BCUT2D eigenvalue weighted by atomic mass is 16.6. The molecule has 88 valence electrons. The first-order chi connectivity index (χ1) is 7.11. The monoisotopic (exact) mass is 220 g/mol. The lowest BCUT2D eigenvalue weighted by Crippen LogP contribution is -2.59. The molecule has 1 aliphatic rings. The van der Waals surface area contributed by atoms with E-state index in [-0.39, 0.29) is 6.61 Å². The number of aliphatic hydroxyl groups excluding tert-OH is 4. The first-order valence-corrected chi connectivity index (χ1v) is 4.64.